The molecule has 0 bridgehead atoms. The lowest BCUT2D eigenvalue weighted by molar-refractivity contribution is -0.128. The molecule has 0 aromatic carbocycles. The number of imidazole rings is 1. The summed E-state index contributed by atoms with van der Waals surface area (Å²) < 4.78 is 2.00. The normalized spacial score (nSPS) is 14.1. The number of rotatable bonds is 6. The van der Waals surface area contributed by atoms with Gasteiger partial charge in [0.2, 0.25) is 5.91 Å². The van der Waals surface area contributed by atoms with E-state index in [1.165, 1.54) is 0 Å². The quantitative estimate of drug-likeness (QED) is 0.835. The van der Waals surface area contributed by atoms with Crippen LogP contribution in [0.1, 0.15) is 41.5 Å². The summed E-state index contributed by atoms with van der Waals surface area (Å²) in [7, 11) is 0. The van der Waals surface area contributed by atoms with Crippen LogP contribution in [0.2, 0.25) is 0 Å². The third-order valence-electron chi connectivity index (χ3n) is 3.49. The van der Waals surface area contributed by atoms with Gasteiger partial charge in [-0.15, -0.1) is 0 Å². The Morgan fingerprint density at radius 2 is 1.95 bits per heavy atom. The zero-order valence-corrected chi connectivity index (χ0v) is 13.5. The minimum absolute atomic E-state index is 0.0256. The fourth-order valence-corrected chi connectivity index (χ4v) is 2.00. The SMILES string of the molecule is CCNC(C)(C)C(=O)NC(Cn1ccnc1)C(C)(C)C. The summed E-state index contributed by atoms with van der Waals surface area (Å²) in [6.07, 6.45) is 5.45. The van der Waals surface area contributed by atoms with E-state index >= 15 is 0 Å². The largest absolute Gasteiger partial charge is 0.349 e. The summed E-state index contributed by atoms with van der Waals surface area (Å²) in [6, 6.07) is 0.0436. The number of carbonyl (C=O) groups is 1. The van der Waals surface area contributed by atoms with E-state index in [4.69, 9.17) is 0 Å². The van der Waals surface area contributed by atoms with Crippen LogP contribution in [0.3, 0.4) is 0 Å². The number of nitrogens with zero attached hydrogens (tertiary/aromatic N) is 2. The molecule has 0 radical (unpaired) electrons. The molecule has 0 fully saturated rings. The minimum Gasteiger partial charge on any atom is -0.349 e. The molecule has 1 rings (SSSR count). The van der Waals surface area contributed by atoms with E-state index in [0.29, 0.717) is 0 Å². The lowest BCUT2D eigenvalue weighted by atomic mass is 9.86. The van der Waals surface area contributed by atoms with Crippen molar-refractivity contribution in [3.8, 4) is 0 Å². The number of hydrogen-bond donors (Lipinski definition) is 2. The van der Waals surface area contributed by atoms with Crippen LogP contribution in [0.4, 0.5) is 0 Å². The van der Waals surface area contributed by atoms with Crippen molar-refractivity contribution in [3.63, 3.8) is 0 Å². The number of likely N-dealkylation sites (N-methyl/N-ethyl adjacent to an activating group) is 1. The Morgan fingerprint density at radius 1 is 1.30 bits per heavy atom. The van der Waals surface area contributed by atoms with Gasteiger partial charge in [0, 0.05) is 18.9 Å². The molecular formula is C15H28N4O. The molecule has 1 amide bonds. The van der Waals surface area contributed by atoms with Gasteiger partial charge in [-0.25, -0.2) is 4.98 Å². The Morgan fingerprint density at radius 3 is 2.40 bits per heavy atom. The Kier molecular flexibility index (Phi) is 5.34. The molecule has 5 heteroatoms. The molecule has 20 heavy (non-hydrogen) atoms. The highest BCUT2D eigenvalue weighted by molar-refractivity contribution is 5.85. The van der Waals surface area contributed by atoms with E-state index in [-0.39, 0.29) is 17.4 Å². The third-order valence-corrected chi connectivity index (χ3v) is 3.49. The zero-order chi connectivity index (χ0) is 15.4. The molecule has 1 atom stereocenters. The van der Waals surface area contributed by atoms with Gasteiger partial charge in [-0.3, -0.25) is 4.79 Å². The standard InChI is InChI=1S/C15H28N4O/c1-7-17-15(5,6)13(20)18-12(14(2,3)4)10-19-9-8-16-11-19/h8-9,11-12,17H,7,10H2,1-6H3,(H,18,20). The number of amides is 1. The second kappa shape index (κ2) is 6.39. The number of hydrogen-bond acceptors (Lipinski definition) is 3. The van der Waals surface area contributed by atoms with Gasteiger partial charge in [0.1, 0.15) is 0 Å². The Bertz CT molecular complexity index is 418. The molecule has 0 aliphatic heterocycles. The second-order valence-corrected chi connectivity index (χ2v) is 6.81. The lowest BCUT2D eigenvalue weighted by Gasteiger charge is -2.35. The monoisotopic (exact) mass is 280 g/mol. The highest BCUT2D eigenvalue weighted by Crippen LogP contribution is 2.21. The molecule has 1 unspecified atom stereocenters. The summed E-state index contributed by atoms with van der Waals surface area (Å²) >= 11 is 0. The molecule has 1 heterocycles. The first-order valence-corrected chi connectivity index (χ1v) is 7.18. The van der Waals surface area contributed by atoms with Gasteiger partial charge < -0.3 is 15.2 Å². The molecule has 0 spiro atoms. The fraction of sp³-hybridized carbons (Fsp3) is 0.733. The highest BCUT2D eigenvalue weighted by atomic mass is 16.2. The average molecular weight is 280 g/mol. The van der Waals surface area contributed by atoms with Gasteiger partial charge >= 0.3 is 0 Å². The van der Waals surface area contributed by atoms with Crippen molar-refractivity contribution in [1.29, 1.82) is 0 Å². The summed E-state index contributed by atoms with van der Waals surface area (Å²) in [6.45, 7) is 13.7. The van der Waals surface area contributed by atoms with Crippen LogP contribution >= 0.6 is 0 Å². The molecule has 5 nitrogen and oxygen atoms in total. The van der Waals surface area contributed by atoms with Crippen LogP contribution in [0.25, 0.3) is 0 Å². The summed E-state index contributed by atoms with van der Waals surface area (Å²) in [5.41, 5.74) is -0.588. The molecule has 114 valence electrons. The van der Waals surface area contributed by atoms with Crippen molar-refractivity contribution < 1.29 is 4.79 Å². The van der Waals surface area contributed by atoms with Gasteiger partial charge in [0.05, 0.1) is 17.9 Å². The molecule has 1 aromatic rings. The van der Waals surface area contributed by atoms with Gasteiger partial charge in [-0.05, 0) is 25.8 Å². The smallest absolute Gasteiger partial charge is 0.240 e. The average Bonchev–Trinajstić information content (AvgIpc) is 2.79. The molecule has 2 N–H and O–H groups in total. The number of aromatic nitrogens is 2. The third kappa shape index (κ3) is 4.63. The van der Waals surface area contributed by atoms with Crippen LogP contribution in [0, 0.1) is 5.41 Å². The predicted molar refractivity (Wildman–Crippen MR) is 81.4 cm³/mol. The second-order valence-electron chi connectivity index (χ2n) is 6.81. The first-order valence-electron chi connectivity index (χ1n) is 7.18. The topological polar surface area (TPSA) is 59.0 Å². The predicted octanol–water partition coefficient (Wildman–Crippen LogP) is 1.80. The van der Waals surface area contributed by atoms with Crippen LogP contribution in [-0.4, -0.2) is 33.6 Å². The summed E-state index contributed by atoms with van der Waals surface area (Å²) in [5.74, 6) is 0.0272. The first-order chi connectivity index (χ1) is 9.16. The molecule has 1 aromatic heterocycles. The van der Waals surface area contributed by atoms with Crippen molar-refractivity contribution in [3.05, 3.63) is 18.7 Å². The molecule has 0 aliphatic rings. The zero-order valence-electron chi connectivity index (χ0n) is 13.5. The lowest BCUT2D eigenvalue weighted by Crippen LogP contribution is -2.57. The van der Waals surface area contributed by atoms with Gasteiger partial charge in [0.15, 0.2) is 0 Å². The highest BCUT2D eigenvalue weighted by Gasteiger charge is 2.32. The number of carbonyl (C=O) groups excluding carboxylic acids is 1. The van der Waals surface area contributed by atoms with E-state index in [2.05, 4.69) is 36.4 Å². The summed E-state index contributed by atoms with van der Waals surface area (Å²) in [4.78, 5) is 16.5. The molecule has 0 saturated heterocycles. The maximum absolute atomic E-state index is 12.4. The van der Waals surface area contributed by atoms with Gasteiger partial charge in [-0.1, -0.05) is 27.7 Å². The first kappa shape index (κ1) is 16.7. The van der Waals surface area contributed by atoms with Crippen molar-refractivity contribution in [1.82, 2.24) is 20.2 Å². The minimum atomic E-state index is -0.562. The van der Waals surface area contributed by atoms with E-state index in [9.17, 15) is 4.79 Å². The summed E-state index contributed by atoms with van der Waals surface area (Å²) in [5, 5.41) is 6.38. The maximum atomic E-state index is 12.4. The van der Waals surface area contributed by atoms with Crippen molar-refractivity contribution in [2.45, 2.75) is 59.7 Å². The van der Waals surface area contributed by atoms with Crippen molar-refractivity contribution in [2.75, 3.05) is 6.54 Å². The molecule has 0 saturated carbocycles. The van der Waals surface area contributed by atoms with Crippen LogP contribution in [0.15, 0.2) is 18.7 Å². The maximum Gasteiger partial charge on any atom is 0.240 e. The van der Waals surface area contributed by atoms with E-state index < -0.39 is 5.54 Å². The van der Waals surface area contributed by atoms with Gasteiger partial charge in [0.25, 0.3) is 0 Å². The Hall–Kier alpha value is -1.36. The van der Waals surface area contributed by atoms with E-state index in [1.54, 1.807) is 12.5 Å². The van der Waals surface area contributed by atoms with Crippen LogP contribution < -0.4 is 10.6 Å². The van der Waals surface area contributed by atoms with Crippen LogP contribution in [0.5, 0.6) is 0 Å². The number of nitrogens with one attached hydrogen (secondary N) is 2. The van der Waals surface area contributed by atoms with Crippen molar-refractivity contribution >= 4 is 5.91 Å². The molecule has 0 aliphatic carbocycles. The Labute approximate surface area is 122 Å². The van der Waals surface area contributed by atoms with E-state index in [0.717, 1.165) is 13.1 Å². The fourth-order valence-electron chi connectivity index (χ4n) is 2.00. The molecular weight excluding hydrogens is 252 g/mol. The Balaban J connectivity index is 2.78. The van der Waals surface area contributed by atoms with Crippen LogP contribution in [-0.2, 0) is 11.3 Å². The van der Waals surface area contributed by atoms with Gasteiger partial charge in [-0.2, -0.15) is 0 Å². The van der Waals surface area contributed by atoms with Crippen molar-refractivity contribution in [2.24, 2.45) is 5.41 Å². The van der Waals surface area contributed by atoms with E-state index in [1.807, 2.05) is 31.5 Å².